The molecule has 3 aromatic rings. The molecular formula is C27H32. The van der Waals surface area contributed by atoms with Crippen molar-refractivity contribution >= 4 is 0 Å². The van der Waals surface area contributed by atoms with Gasteiger partial charge in [0.15, 0.2) is 0 Å². The molecule has 0 saturated heterocycles. The minimum absolute atomic E-state index is 0.508. The molecule has 3 aromatic carbocycles. The Bertz CT molecular complexity index is 809. The van der Waals surface area contributed by atoms with Crippen molar-refractivity contribution in [2.24, 2.45) is 0 Å². The van der Waals surface area contributed by atoms with Gasteiger partial charge >= 0.3 is 0 Å². The van der Waals surface area contributed by atoms with E-state index >= 15 is 0 Å². The lowest BCUT2D eigenvalue weighted by Gasteiger charge is -2.14. The maximum atomic E-state index is 2.35. The molecule has 0 atom stereocenters. The molecule has 0 aromatic heterocycles. The van der Waals surface area contributed by atoms with Crippen molar-refractivity contribution in [3.8, 4) is 22.3 Å². The SMILES string of the molecule is CC(C)c1ccc(-c2cc(-c3ccc(C(C)C)cc3)cc(C(C)C)c2)cc1. The van der Waals surface area contributed by atoms with Gasteiger partial charge in [-0.1, -0.05) is 102 Å². The van der Waals surface area contributed by atoms with Crippen molar-refractivity contribution in [2.45, 2.75) is 59.3 Å². The van der Waals surface area contributed by atoms with Gasteiger partial charge in [-0.3, -0.25) is 0 Å². The van der Waals surface area contributed by atoms with E-state index in [4.69, 9.17) is 0 Å². The molecule has 0 unspecified atom stereocenters. The maximum absolute atomic E-state index is 2.35. The molecule has 3 rings (SSSR count). The molecule has 0 amide bonds. The Morgan fingerprint density at radius 2 is 0.704 bits per heavy atom. The summed E-state index contributed by atoms with van der Waals surface area (Å²) in [7, 11) is 0. The van der Waals surface area contributed by atoms with Crippen molar-refractivity contribution in [1.82, 2.24) is 0 Å². The first-order chi connectivity index (χ1) is 12.8. The van der Waals surface area contributed by atoms with Crippen molar-refractivity contribution in [2.75, 3.05) is 0 Å². The van der Waals surface area contributed by atoms with Crippen molar-refractivity contribution < 1.29 is 0 Å². The van der Waals surface area contributed by atoms with Crippen molar-refractivity contribution in [1.29, 1.82) is 0 Å². The second-order valence-corrected chi connectivity index (χ2v) is 8.55. The topological polar surface area (TPSA) is 0 Å². The van der Waals surface area contributed by atoms with Crippen LogP contribution in [0.3, 0.4) is 0 Å². The van der Waals surface area contributed by atoms with Gasteiger partial charge < -0.3 is 0 Å². The monoisotopic (exact) mass is 356 g/mol. The highest BCUT2D eigenvalue weighted by Gasteiger charge is 2.09. The van der Waals surface area contributed by atoms with Crippen LogP contribution in [0.1, 0.15) is 76.0 Å². The highest BCUT2D eigenvalue weighted by molar-refractivity contribution is 5.74. The van der Waals surface area contributed by atoms with Crippen molar-refractivity contribution in [3.63, 3.8) is 0 Å². The molecule has 0 radical (unpaired) electrons. The Morgan fingerprint density at radius 1 is 0.370 bits per heavy atom. The van der Waals surface area contributed by atoms with Gasteiger partial charge in [0.05, 0.1) is 0 Å². The number of rotatable bonds is 5. The van der Waals surface area contributed by atoms with E-state index < -0.39 is 0 Å². The lowest BCUT2D eigenvalue weighted by Crippen LogP contribution is -1.92. The first kappa shape index (κ1) is 19.4. The molecule has 0 spiro atoms. The number of benzene rings is 3. The molecule has 140 valence electrons. The van der Waals surface area contributed by atoms with Gasteiger partial charge in [-0.2, -0.15) is 0 Å². The highest BCUT2D eigenvalue weighted by Crippen LogP contribution is 2.32. The van der Waals surface area contributed by atoms with E-state index in [-0.39, 0.29) is 0 Å². The molecular weight excluding hydrogens is 324 g/mol. The van der Waals surface area contributed by atoms with Crippen molar-refractivity contribution in [3.05, 3.63) is 83.4 Å². The Labute approximate surface area is 165 Å². The molecule has 0 fully saturated rings. The molecule has 0 N–H and O–H groups in total. The summed E-state index contributed by atoms with van der Waals surface area (Å²) in [5.41, 5.74) is 9.37. The smallest absolute Gasteiger partial charge is 0.0175 e. The van der Waals surface area contributed by atoms with E-state index in [1.54, 1.807) is 0 Å². The van der Waals surface area contributed by atoms with Gasteiger partial charge in [-0.25, -0.2) is 0 Å². The summed E-state index contributed by atoms with van der Waals surface area (Å²) in [4.78, 5) is 0. The fourth-order valence-electron chi connectivity index (χ4n) is 3.44. The molecule has 0 heteroatoms. The zero-order valence-corrected chi connectivity index (χ0v) is 17.6. The first-order valence-corrected chi connectivity index (χ1v) is 10.2. The molecule has 27 heavy (non-hydrogen) atoms. The lowest BCUT2D eigenvalue weighted by atomic mass is 9.90. The zero-order chi connectivity index (χ0) is 19.6. The van der Waals surface area contributed by atoms with Crippen LogP contribution in [-0.2, 0) is 0 Å². The van der Waals surface area contributed by atoms with Crippen LogP contribution in [0.15, 0.2) is 66.7 Å². The molecule has 0 aliphatic heterocycles. The summed E-state index contributed by atoms with van der Waals surface area (Å²) < 4.78 is 0. The quantitative estimate of drug-likeness (QED) is 0.430. The minimum atomic E-state index is 0.508. The van der Waals surface area contributed by atoms with Gasteiger partial charge in [0, 0.05) is 0 Å². The van der Waals surface area contributed by atoms with Gasteiger partial charge in [-0.15, -0.1) is 0 Å². The molecule has 0 nitrogen and oxygen atoms in total. The largest absolute Gasteiger partial charge is 0.0587 e. The molecule has 0 heterocycles. The lowest BCUT2D eigenvalue weighted by molar-refractivity contribution is 0.865. The van der Waals surface area contributed by atoms with E-state index in [0.717, 1.165) is 0 Å². The number of hydrogen-bond donors (Lipinski definition) is 0. The zero-order valence-electron chi connectivity index (χ0n) is 17.6. The molecule has 0 saturated carbocycles. The average molecular weight is 357 g/mol. The summed E-state index contributed by atoms with van der Waals surface area (Å²) in [5.74, 6) is 1.64. The maximum Gasteiger partial charge on any atom is -0.0175 e. The summed E-state index contributed by atoms with van der Waals surface area (Å²) in [6, 6.07) is 25.1. The standard InChI is InChI=1S/C27H32/c1-18(2)21-7-11-23(12-8-21)26-15-25(20(5)6)16-27(17-26)24-13-9-22(10-14-24)19(3)4/h7-20H,1-6H3. The summed E-state index contributed by atoms with van der Waals surface area (Å²) >= 11 is 0. The summed E-state index contributed by atoms with van der Waals surface area (Å²) in [6.07, 6.45) is 0. The fourth-order valence-corrected chi connectivity index (χ4v) is 3.44. The van der Waals surface area contributed by atoms with Crippen LogP contribution < -0.4 is 0 Å². The predicted octanol–water partition coefficient (Wildman–Crippen LogP) is 8.39. The Hall–Kier alpha value is -2.34. The number of hydrogen-bond acceptors (Lipinski definition) is 0. The van der Waals surface area contributed by atoms with Crippen LogP contribution in [-0.4, -0.2) is 0 Å². The third kappa shape index (κ3) is 4.50. The Balaban J connectivity index is 2.05. The van der Waals surface area contributed by atoms with Gasteiger partial charge in [0.2, 0.25) is 0 Å². The first-order valence-electron chi connectivity index (χ1n) is 10.2. The summed E-state index contributed by atoms with van der Waals surface area (Å²) in [6.45, 7) is 13.5. The van der Waals surface area contributed by atoms with Crippen LogP contribution in [0.4, 0.5) is 0 Å². The normalized spacial score (nSPS) is 11.6. The summed E-state index contributed by atoms with van der Waals surface area (Å²) in [5, 5.41) is 0. The predicted molar refractivity (Wildman–Crippen MR) is 120 cm³/mol. The third-order valence-electron chi connectivity index (χ3n) is 5.44. The Morgan fingerprint density at radius 3 is 1.00 bits per heavy atom. The molecule has 0 aliphatic carbocycles. The Kier molecular flexibility index (Phi) is 5.85. The van der Waals surface area contributed by atoms with E-state index in [1.807, 2.05) is 0 Å². The molecule has 0 aliphatic rings. The fraction of sp³-hybridized carbons (Fsp3) is 0.333. The van der Waals surface area contributed by atoms with E-state index in [1.165, 1.54) is 38.9 Å². The van der Waals surface area contributed by atoms with Crippen LogP contribution >= 0.6 is 0 Å². The third-order valence-corrected chi connectivity index (χ3v) is 5.44. The van der Waals surface area contributed by atoms with E-state index in [0.29, 0.717) is 17.8 Å². The second kappa shape index (κ2) is 8.13. The molecule has 0 bridgehead atoms. The van der Waals surface area contributed by atoms with Crippen LogP contribution in [0.5, 0.6) is 0 Å². The average Bonchev–Trinajstić information content (AvgIpc) is 2.67. The van der Waals surface area contributed by atoms with Gasteiger partial charge in [0.25, 0.3) is 0 Å². The van der Waals surface area contributed by atoms with Gasteiger partial charge in [-0.05, 0) is 62.8 Å². The van der Waals surface area contributed by atoms with Gasteiger partial charge in [0.1, 0.15) is 0 Å². The van der Waals surface area contributed by atoms with Crippen LogP contribution in [0.25, 0.3) is 22.3 Å². The van der Waals surface area contributed by atoms with E-state index in [9.17, 15) is 0 Å². The van der Waals surface area contributed by atoms with E-state index in [2.05, 4.69) is 108 Å². The second-order valence-electron chi connectivity index (χ2n) is 8.55. The highest BCUT2D eigenvalue weighted by atomic mass is 14.1. The minimum Gasteiger partial charge on any atom is -0.0587 e. The van der Waals surface area contributed by atoms with Crippen LogP contribution in [0.2, 0.25) is 0 Å². The van der Waals surface area contributed by atoms with Crippen LogP contribution in [0, 0.1) is 0 Å².